The summed E-state index contributed by atoms with van der Waals surface area (Å²) >= 11 is 0. The van der Waals surface area contributed by atoms with E-state index >= 15 is 0 Å². The second-order valence-corrected chi connectivity index (χ2v) is 7.25. The molecule has 1 unspecified atom stereocenters. The monoisotopic (exact) mass is 354 g/mol. The summed E-state index contributed by atoms with van der Waals surface area (Å²) in [5, 5.41) is 3.22. The first kappa shape index (κ1) is 18.2. The van der Waals surface area contributed by atoms with Crippen LogP contribution in [-0.4, -0.2) is 37.0 Å². The number of likely N-dealkylation sites (N-methyl/N-ethyl adjacent to an activating group) is 1. The number of alkyl halides is 3. The van der Waals surface area contributed by atoms with Crippen LogP contribution in [0.5, 0.6) is 0 Å². The summed E-state index contributed by atoms with van der Waals surface area (Å²) in [5.74, 6) is 0.00396. The molecule has 0 aromatic heterocycles. The molecule has 1 amide bonds. The van der Waals surface area contributed by atoms with E-state index < -0.39 is 17.2 Å². The van der Waals surface area contributed by atoms with Crippen LogP contribution < -0.4 is 5.32 Å². The molecule has 1 saturated heterocycles. The molecule has 6 heteroatoms. The van der Waals surface area contributed by atoms with E-state index in [0.717, 1.165) is 31.7 Å². The van der Waals surface area contributed by atoms with E-state index in [1.54, 1.807) is 6.07 Å². The topological polar surface area (TPSA) is 32.3 Å². The number of nitrogens with one attached hydrogen (secondary N) is 1. The van der Waals surface area contributed by atoms with E-state index in [1.807, 2.05) is 11.9 Å². The second-order valence-electron chi connectivity index (χ2n) is 7.25. The van der Waals surface area contributed by atoms with E-state index in [1.165, 1.54) is 12.1 Å². The number of hydrogen-bond acceptors (Lipinski definition) is 2. The number of piperidine rings is 1. The molecule has 1 heterocycles. The van der Waals surface area contributed by atoms with Crippen LogP contribution in [-0.2, 0) is 16.4 Å². The van der Waals surface area contributed by atoms with Gasteiger partial charge in [-0.15, -0.1) is 0 Å². The van der Waals surface area contributed by atoms with E-state index in [9.17, 15) is 18.0 Å². The molecule has 138 valence electrons. The van der Waals surface area contributed by atoms with Crippen molar-refractivity contribution in [1.82, 2.24) is 10.2 Å². The molecule has 1 aromatic carbocycles. The average molecular weight is 354 g/mol. The van der Waals surface area contributed by atoms with Crippen LogP contribution in [0.3, 0.4) is 0 Å². The molecule has 1 saturated carbocycles. The highest BCUT2D eigenvalue weighted by Crippen LogP contribution is 2.44. The van der Waals surface area contributed by atoms with Crippen molar-refractivity contribution in [3.05, 3.63) is 35.4 Å². The predicted molar refractivity (Wildman–Crippen MR) is 90.3 cm³/mol. The number of rotatable bonds is 3. The van der Waals surface area contributed by atoms with Gasteiger partial charge in [-0.2, -0.15) is 13.2 Å². The number of benzene rings is 1. The third kappa shape index (κ3) is 3.54. The Kier molecular flexibility index (Phi) is 5.09. The Labute approximate surface area is 146 Å². The summed E-state index contributed by atoms with van der Waals surface area (Å²) in [6, 6.07) is 5.64. The molecule has 1 N–H and O–H groups in total. The lowest BCUT2D eigenvalue weighted by Crippen LogP contribution is -2.53. The first-order valence-electron chi connectivity index (χ1n) is 9.01. The van der Waals surface area contributed by atoms with Crippen molar-refractivity contribution in [2.75, 3.05) is 20.1 Å². The van der Waals surface area contributed by atoms with Gasteiger partial charge in [-0.1, -0.05) is 31.0 Å². The van der Waals surface area contributed by atoms with Gasteiger partial charge in [0.25, 0.3) is 0 Å². The van der Waals surface area contributed by atoms with Gasteiger partial charge in [0, 0.05) is 19.1 Å². The zero-order valence-corrected chi connectivity index (χ0v) is 14.5. The minimum absolute atomic E-state index is 0.00396. The molecule has 25 heavy (non-hydrogen) atoms. The maximum absolute atomic E-state index is 13.4. The van der Waals surface area contributed by atoms with Crippen molar-refractivity contribution >= 4 is 5.91 Å². The molecule has 1 aliphatic carbocycles. The third-order valence-corrected chi connectivity index (χ3v) is 5.73. The van der Waals surface area contributed by atoms with Gasteiger partial charge in [-0.05, 0) is 44.4 Å². The highest BCUT2D eigenvalue weighted by atomic mass is 19.4. The van der Waals surface area contributed by atoms with Crippen molar-refractivity contribution in [1.29, 1.82) is 0 Å². The fourth-order valence-corrected chi connectivity index (χ4v) is 4.30. The number of carbonyl (C=O) groups excluding carboxylic acids is 1. The fourth-order valence-electron chi connectivity index (χ4n) is 4.30. The number of carbonyl (C=O) groups is 1. The molecule has 1 aromatic rings. The van der Waals surface area contributed by atoms with Gasteiger partial charge in [-0.25, -0.2) is 0 Å². The third-order valence-electron chi connectivity index (χ3n) is 5.73. The fraction of sp³-hybridized carbons (Fsp3) is 0.632. The van der Waals surface area contributed by atoms with Crippen LogP contribution >= 0.6 is 0 Å². The average Bonchev–Trinajstić information content (AvgIpc) is 3.11. The van der Waals surface area contributed by atoms with Gasteiger partial charge < -0.3 is 10.2 Å². The SMILES string of the molecule is CNC1CCCN(C(=O)C2(c3cccc(C(F)(F)F)c3)CCCC2)C1. The lowest BCUT2D eigenvalue weighted by atomic mass is 9.76. The van der Waals surface area contributed by atoms with Gasteiger partial charge >= 0.3 is 6.18 Å². The van der Waals surface area contributed by atoms with Gasteiger partial charge in [0.15, 0.2) is 0 Å². The molecule has 1 atom stereocenters. The number of halogens is 3. The summed E-state index contributed by atoms with van der Waals surface area (Å²) in [5.41, 5.74) is -0.941. The van der Waals surface area contributed by atoms with Gasteiger partial charge in [0.1, 0.15) is 0 Å². The molecule has 1 aliphatic heterocycles. The second kappa shape index (κ2) is 6.98. The minimum Gasteiger partial charge on any atom is -0.340 e. The Morgan fingerprint density at radius 2 is 1.96 bits per heavy atom. The highest BCUT2D eigenvalue weighted by Gasteiger charge is 2.46. The number of amides is 1. The Morgan fingerprint density at radius 1 is 1.24 bits per heavy atom. The molecular formula is C19H25F3N2O. The summed E-state index contributed by atoms with van der Waals surface area (Å²) in [6.07, 6.45) is 0.590. The molecule has 0 spiro atoms. The van der Waals surface area contributed by atoms with Crippen molar-refractivity contribution in [3.63, 3.8) is 0 Å². The van der Waals surface area contributed by atoms with Crippen molar-refractivity contribution in [2.45, 2.75) is 56.2 Å². The first-order valence-corrected chi connectivity index (χ1v) is 9.01. The Bertz CT molecular complexity index is 623. The zero-order valence-electron chi connectivity index (χ0n) is 14.5. The molecule has 0 radical (unpaired) electrons. The van der Waals surface area contributed by atoms with Gasteiger partial charge in [0.05, 0.1) is 11.0 Å². The van der Waals surface area contributed by atoms with Crippen LogP contribution in [0.4, 0.5) is 13.2 Å². The zero-order chi connectivity index (χ0) is 18.1. The maximum atomic E-state index is 13.4. The highest BCUT2D eigenvalue weighted by molar-refractivity contribution is 5.89. The Morgan fingerprint density at radius 3 is 2.60 bits per heavy atom. The quantitative estimate of drug-likeness (QED) is 0.897. The Balaban J connectivity index is 1.93. The summed E-state index contributed by atoms with van der Waals surface area (Å²) < 4.78 is 39.4. The van der Waals surface area contributed by atoms with Crippen molar-refractivity contribution in [2.24, 2.45) is 0 Å². The Hall–Kier alpha value is -1.56. The maximum Gasteiger partial charge on any atom is 0.416 e. The van der Waals surface area contributed by atoms with Gasteiger partial charge in [-0.3, -0.25) is 4.79 Å². The van der Waals surface area contributed by atoms with Crippen LogP contribution in [0, 0.1) is 0 Å². The van der Waals surface area contributed by atoms with Crippen LogP contribution in [0.2, 0.25) is 0 Å². The first-order chi connectivity index (χ1) is 11.9. The van der Waals surface area contributed by atoms with Crippen LogP contribution in [0.15, 0.2) is 24.3 Å². The van der Waals surface area contributed by atoms with E-state index in [-0.39, 0.29) is 11.9 Å². The lowest BCUT2D eigenvalue weighted by molar-refractivity contribution is -0.140. The van der Waals surface area contributed by atoms with E-state index in [0.29, 0.717) is 31.5 Å². The normalized spacial score (nSPS) is 23.7. The van der Waals surface area contributed by atoms with Crippen LogP contribution in [0.1, 0.15) is 49.7 Å². The number of likely N-dealkylation sites (tertiary alicyclic amines) is 1. The predicted octanol–water partition coefficient (Wildman–Crippen LogP) is 3.73. The van der Waals surface area contributed by atoms with Crippen LogP contribution in [0.25, 0.3) is 0 Å². The summed E-state index contributed by atoms with van der Waals surface area (Å²) in [7, 11) is 1.89. The molecular weight excluding hydrogens is 329 g/mol. The van der Waals surface area contributed by atoms with E-state index in [2.05, 4.69) is 5.32 Å². The summed E-state index contributed by atoms with van der Waals surface area (Å²) in [6.45, 7) is 1.33. The largest absolute Gasteiger partial charge is 0.416 e. The lowest BCUT2D eigenvalue weighted by Gasteiger charge is -2.39. The number of hydrogen-bond donors (Lipinski definition) is 1. The smallest absolute Gasteiger partial charge is 0.340 e. The molecule has 3 nitrogen and oxygen atoms in total. The molecule has 2 aliphatic rings. The number of nitrogens with zero attached hydrogens (tertiary/aromatic N) is 1. The summed E-state index contributed by atoms with van der Waals surface area (Å²) in [4.78, 5) is 15.2. The standard InChI is InChI=1S/C19H25F3N2O/c1-23-16-8-5-11-24(13-16)17(25)18(9-2-3-10-18)14-6-4-7-15(12-14)19(20,21)22/h4,6-7,12,16,23H,2-3,5,8-11,13H2,1H3. The van der Waals surface area contributed by atoms with E-state index in [4.69, 9.17) is 0 Å². The molecule has 2 fully saturated rings. The van der Waals surface area contributed by atoms with Gasteiger partial charge in [0.2, 0.25) is 5.91 Å². The minimum atomic E-state index is -4.39. The van der Waals surface area contributed by atoms with Crippen molar-refractivity contribution < 1.29 is 18.0 Å². The molecule has 3 rings (SSSR count). The van der Waals surface area contributed by atoms with Crippen molar-refractivity contribution in [3.8, 4) is 0 Å². The molecule has 0 bridgehead atoms.